The summed E-state index contributed by atoms with van der Waals surface area (Å²) in [4.78, 5) is 41.3. The molecule has 2 heterocycles. The number of nitrogens with one attached hydrogen (secondary N) is 2. The number of halogens is 2. The number of carbonyl (C=O) groups is 3. The van der Waals surface area contributed by atoms with Crippen molar-refractivity contribution < 1.29 is 32.3 Å². The summed E-state index contributed by atoms with van der Waals surface area (Å²) in [6.45, 7) is 5.57. The van der Waals surface area contributed by atoms with Crippen molar-refractivity contribution in [3.63, 3.8) is 0 Å². The summed E-state index contributed by atoms with van der Waals surface area (Å²) in [7, 11) is -5.68. The number of hydrogen-bond donors (Lipinski definition) is 3. The van der Waals surface area contributed by atoms with Gasteiger partial charge in [0.25, 0.3) is 5.91 Å². The Morgan fingerprint density at radius 3 is 2.58 bits per heavy atom. The summed E-state index contributed by atoms with van der Waals surface area (Å²) >= 11 is 5.86. The van der Waals surface area contributed by atoms with Crippen molar-refractivity contribution in [3.05, 3.63) is 70.1 Å². The Kier molecular flexibility index (Phi) is 8.46. The van der Waals surface area contributed by atoms with Crippen LogP contribution in [0.5, 0.6) is 0 Å². The molecule has 3 N–H and O–H groups in total. The molecule has 14 heteroatoms. The first-order valence-corrected chi connectivity index (χ1v) is 19.4. The van der Waals surface area contributed by atoms with E-state index in [1.54, 1.807) is 34.7 Å². The number of benzene rings is 2. The Hall–Kier alpha value is -3.26. The molecule has 5 rings (SSSR count). The highest BCUT2D eigenvalue weighted by atomic mass is 35.5. The standard InChI is InChI=1S/C29H34ClFN4O6SSi/c1-17(36)22-13-34(24-10-7-18(11-21(22)24)28(38)33-42(40,41)20-8-9-20)14-26(37)35-16-43(2,3)15-25(35)29(39)32-12-19-5-4-6-23(30)27(19)31/h4-7,10-11,13,17,20,25,36H,8-9,12,14-16H2,1-3H3,(H,32,39)(H,33,38)/t17?,25-/m0/s1. The van der Waals surface area contributed by atoms with Gasteiger partial charge in [-0.15, -0.1) is 0 Å². The monoisotopic (exact) mass is 648 g/mol. The molecule has 1 aliphatic carbocycles. The molecule has 0 spiro atoms. The molecule has 2 aliphatic rings. The van der Waals surface area contributed by atoms with Crippen LogP contribution in [-0.2, 0) is 32.7 Å². The zero-order valence-corrected chi connectivity index (χ0v) is 26.6. The van der Waals surface area contributed by atoms with Gasteiger partial charge in [-0.25, -0.2) is 17.5 Å². The molecule has 1 aromatic heterocycles. The number of aliphatic hydroxyl groups excluding tert-OH is 1. The summed E-state index contributed by atoms with van der Waals surface area (Å²) in [6, 6.07) is 9.00. The third kappa shape index (κ3) is 6.64. The van der Waals surface area contributed by atoms with Crippen molar-refractivity contribution in [1.82, 2.24) is 19.5 Å². The minimum Gasteiger partial charge on any atom is -0.389 e. The average Bonchev–Trinajstić information content (AvgIpc) is 3.67. The quantitative estimate of drug-likeness (QED) is 0.304. The number of aromatic nitrogens is 1. The van der Waals surface area contributed by atoms with Gasteiger partial charge >= 0.3 is 0 Å². The Morgan fingerprint density at radius 2 is 1.91 bits per heavy atom. The van der Waals surface area contributed by atoms with Gasteiger partial charge in [0.05, 0.1) is 24.5 Å². The number of hydrogen-bond acceptors (Lipinski definition) is 6. The van der Waals surface area contributed by atoms with E-state index >= 15 is 0 Å². The maximum atomic E-state index is 14.4. The van der Waals surface area contributed by atoms with Crippen LogP contribution < -0.4 is 10.0 Å². The van der Waals surface area contributed by atoms with Crippen LogP contribution in [0.15, 0.2) is 42.6 Å². The SMILES string of the molecule is CC(O)c1cn(CC(=O)N2C[Si](C)(C)C[C@H]2C(=O)NCc2cccc(Cl)c2F)c2ccc(C(=O)NS(=O)(=O)C3CC3)cc12. The van der Waals surface area contributed by atoms with E-state index in [9.17, 15) is 32.3 Å². The van der Waals surface area contributed by atoms with Crippen molar-refractivity contribution in [2.24, 2.45) is 0 Å². The number of amides is 3. The van der Waals surface area contributed by atoms with Crippen LogP contribution in [0, 0.1) is 5.82 Å². The maximum absolute atomic E-state index is 14.4. The van der Waals surface area contributed by atoms with E-state index < -0.39 is 47.2 Å². The number of carbonyl (C=O) groups excluding carboxylic acids is 3. The number of sulfonamides is 1. The van der Waals surface area contributed by atoms with Gasteiger partial charge in [-0.3, -0.25) is 14.4 Å². The fraction of sp³-hybridized carbons (Fsp3) is 0.414. The zero-order chi connectivity index (χ0) is 31.3. The number of fused-ring (bicyclic) bond motifs is 1. The van der Waals surface area contributed by atoms with Crippen molar-refractivity contribution >= 4 is 58.3 Å². The molecule has 10 nitrogen and oxygen atoms in total. The molecule has 2 aromatic carbocycles. The maximum Gasteiger partial charge on any atom is 0.264 e. The van der Waals surface area contributed by atoms with Gasteiger partial charge in [0.1, 0.15) is 18.4 Å². The third-order valence-electron chi connectivity index (χ3n) is 7.96. The minimum absolute atomic E-state index is 0.0375. The zero-order valence-electron chi connectivity index (χ0n) is 24.1. The van der Waals surface area contributed by atoms with Gasteiger partial charge in [0.2, 0.25) is 21.8 Å². The van der Waals surface area contributed by atoms with E-state index in [0.29, 0.717) is 41.5 Å². The number of nitrogens with zero attached hydrogens (tertiary/aromatic N) is 2. The highest BCUT2D eigenvalue weighted by molar-refractivity contribution is 7.91. The molecule has 2 fully saturated rings. The predicted octanol–water partition coefficient (Wildman–Crippen LogP) is 3.48. The largest absolute Gasteiger partial charge is 0.389 e. The molecule has 1 saturated heterocycles. The van der Waals surface area contributed by atoms with E-state index in [1.165, 1.54) is 24.3 Å². The lowest BCUT2D eigenvalue weighted by Gasteiger charge is -2.25. The van der Waals surface area contributed by atoms with Crippen LogP contribution >= 0.6 is 11.6 Å². The molecular weight excluding hydrogens is 615 g/mol. The normalized spacial score (nSPS) is 18.9. The topological polar surface area (TPSA) is 138 Å². The van der Waals surface area contributed by atoms with E-state index in [0.717, 1.165) is 0 Å². The molecule has 3 aromatic rings. The van der Waals surface area contributed by atoms with Crippen LogP contribution in [-0.4, -0.2) is 66.2 Å². The third-order valence-corrected chi connectivity index (χ3v) is 12.8. The average molecular weight is 649 g/mol. The molecule has 3 amide bonds. The number of aliphatic hydroxyl groups is 1. The minimum atomic E-state index is -3.74. The van der Waals surface area contributed by atoms with Crippen LogP contribution in [0.1, 0.15) is 47.4 Å². The lowest BCUT2D eigenvalue weighted by molar-refractivity contribution is -0.138. The molecule has 1 aliphatic heterocycles. The van der Waals surface area contributed by atoms with E-state index in [-0.39, 0.29) is 41.1 Å². The van der Waals surface area contributed by atoms with Crippen molar-refractivity contribution in [2.45, 2.75) is 69.4 Å². The van der Waals surface area contributed by atoms with Gasteiger partial charge in [-0.1, -0.05) is 36.8 Å². The summed E-state index contributed by atoms with van der Waals surface area (Å²) in [5, 5.41) is 13.1. The van der Waals surface area contributed by atoms with E-state index in [2.05, 4.69) is 23.1 Å². The summed E-state index contributed by atoms with van der Waals surface area (Å²) in [6.07, 6.45) is 2.20. The van der Waals surface area contributed by atoms with Gasteiger partial charge < -0.3 is 19.9 Å². The fourth-order valence-corrected chi connectivity index (χ4v) is 9.96. The fourth-order valence-electron chi connectivity index (χ4n) is 5.57. The second kappa shape index (κ2) is 11.7. The van der Waals surface area contributed by atoms with E-state index in [4.69, 9.17) is 11.6 Å². The molecule has 43 heavy (non-hydrogen) atoms. The Bertz CT molecular complexity index is 1720. The van der Waals surface area contributed by atoms with Crippen LogP contribution in [0.4, 0.5) is 4.39 Å². The highest BCUT2D eigenvalue weighted by Gasteiger charge is 2.44. The summed E-state index contributed by atoms with van der Waals surface area (Å²) in [5.41, 5.74) is 1.40. The Labute approximate surface area is 255 Å². The van der Waals surface area contributed by atoms with Gasteiger partial charge in [-0.2, -0.15) is 0 Å². The predicted molar refractivity (Wildman–Crippen MR) is 163 cm³/mol. The second-order valence-electron chi connectivity index (χ2n) is 12.1. The number of rotatable bonds is 9. The van der Waals surface area contributed by atoms with Crippen LogP contribution in [0.3, 0.4) is 0 Å². The van der Waals surface area contributed by atoms with Crippen molar-refractivity contribution in [3.8, 4) is 0 Å². The van der Waals surface area contributed by atoms with Gasteiger partial charge in [-0.05, 0) is 50.1 Å². The second-order valence-corrected chi connectivity index (χ2v) is 19.6. The van der Waals surface area contributed by atoms with E-state index in [1.807, 2.05) is 0 Å². The first kappa shape index (κ1) is 31.2. The van der Waals surface area contributed by atoms with Gasteiger partial charge in [0, 0.05) is 46.5 Å². The lowest BCUT2D eigenvalue weighted by atomic mass is 10.1. The Morgan fingerprint density at radius 1 is 1.19 bits per heavy atom. The molecule has 1 saturated carbocycles. The first-order valence-electron chi connectivity index (χ1n) is 14.0. The first-order chi connectivity index (χ1) is 20.2. The molecule has 230 valence electrons. The molecule has 2 atom stereocenters. The van der Waals surface area contributed by atoms with Crippen molar-refractivity contribution in [2.75, 3.05) is 6.17 Å². The van der Waals surface area contributed by atoms with Crippen molar-refractivity contribution in [1.29, 1.82) is 0 Å². The molecule has 0 radical (unpaired) electrons. The smallest absolute Gasteiger partial charge is 0.264 e. The summed E-state index contributed by atoms with van der Waals surface area (Å²) in [5.74, 6) is -2.02. The molecule has 1 unspecified atom stereocenters. The van der Waals surface area contributed by atoms with Crippen LogP contribution in [0.25, 0.3) is 10.9 Å². The molecular formula is C29H34ClFN4O6SSi. The van der Waals surface area contributed by atoms with Gasteiger partial charge in [0.15, 0.2) is 0 Å². The summed E-state index contributed by atoms with van der Waals surface area (Å²) < 4.78 is 42.7. The Balaban J connectivity index is 1.36. The lowest BCUT2D eigenvalue weighted by Crippen LogP contribution is -2.46. The highest BCUT2D eigenvalue weighted by Crippen LogP contribution is 2.31. The van der Waals surface area contributed by atoms with Crippen LogP contribution in [0.2, 0.25) is 24.2 Å². The molecule has 0 bridgehead atoms.